The fourth-order valence-electron chi connectivity index (χ4n) is 1.47. The molecule has 0 aromatic heterocycles. The smallest absolute Gasteiger partial charge is 0.271 e. The Morgan fingerprint density at radius 1 is 1.00 bits per heavy atom. The van der Waals surface area contributed by atoms with Gasteiger partial charge in [-0.25, -0.2) is 8.78 Å². The lowest BCUT2D eigenvalue weighted by atomic mass is 10.0. The molecular formula is C13H26F2O. The van der Waals surface area contributed by atoms with E-state index < -0.39 is 12.5 Å². The fraction of sp³-hybridized carbons (Fsp3) is 1.00. The van der Waals surface area contributed by atoms with Gasteiger partial charge in [0.1, 0.15) is 6.61 Å². The fourth-order valence-corrected chi connectivity index (χ4v) is 1.47. The van der Waals surface area contributed by atoms with Crippen molar-refractivity contribution in [2.75, 3.05) is 6.61 Å². The molecule has 98 valence electrons. The molecule has 0 unspecified atom stereocenters. The van der Waals surface area contributed by atoms with Crippen LogP contribution in [-0.4, -0.2) is 18.6 Å². The summed E-state index contributed by atoms with van der Waals surface area (Å²) in [5, 5.41) is 0. The maximum absolute atomic E-state index is 13.2. The molecule has 0 aliphatic heterocycles. The molecule has 0 saturated heterocycles. The number of hydrogen-bond donors (Lipinski definition) is 0. The van der Waals surface area contributed by atoms with Gasteiger partial charge in [0, 0.05) is 6.42 Å². The lowest BCUT2D eigenvalue weighted by Crippen LogP contribution is -2.25. The van der Waals surface area contributed by atoms with Gasteiger partial charge >= 0.3 is 0 Å². The highest BCUT2D eigenvalue weighted by atomic mass is 19.3. The number of hydrogen-bond acceptors (Lipinski definition) is 1. The van der Waals surface area contributed by atoms with E-state index in [1.54, 1.807) is 13.8 Å². The summed E-state index contributed by atoms with van der Waals surface area (Å²) in [6.07, 6.45) is 3.52. The van der Waals surface area contributed by atoms with E-state index in [1.165, 1.54) is 0 Å². The van der Waals surface area contributed by atoms with Crippen molar-refractivity contribution >= 4 is 0 Å². The van der Waals surface area contributed by atoms with Crippen molar-refractivity contribution in [2.45, 2.75) is 71.8 Å². The van der Waals surface area contributed by atoms with Gasteiger partial charge < -0.3 is 4.74 Å². The SMILES string of the molecule is CC(C)CCCCCC(F)(F)COC(C)C. The molecule has 3 heteroatoms. The highest BCUT2D eigenvalue weighted by Gasteiger charge is 2.28. The first-order valence-corrected chi connectivity index (χ1v) is 6.33. The summed E-state index contributed by atoms with van der Waals surface area (Å²) in [6.45, 7) is 7.43. The Balaban J connectivity index is 3.50. The standard InChI is InChI=1S/C13H26F2O/c1-11(2)8-6-5-7-9-13(14,15)10-16-12(3)4/h11-12H,5-10H2,1-4H3. The second-order valence-corrected chi connectivity index (χ2v) is 5.21. The van der Waals surface area contributed by atoms with E-state index in [4.69, 9.17) is 4.74 Å². The van der Waals surface area contributed by atoms with Gasteiger partial charge in [-0.15, -0.1) is 0 Å². The Bertz CT molecular complexity index is 167. The maximum atomic E-state index is 13.2. The van der Waals surface area contributed by atoms with Crippen LogP contribution >= 0.6 is 0 Å². The first-order valence-electron chi connectivity index (χ1n) is 6.33. The van der Waals surface area contributed by atoms with Crippen molar-refractivity contribution in [2.24, 2.45) is 5.92 Å². The molecule has 0 aromatic carbocycles. The summed E-state index contributed by atoms with van der Waals surface area (Å²) in [5.41, 5.74) is 0. The molecule has 0 N–H and O–H groups in total. The van der Waals surface area contributed by atoms with E-state index in [-0.39, 0.29) is 12.5 Å². The molecule has 0 aliphatic carbocycles. The molecule has 0 radical (unpaired) electrons. The minimum absolute atomic E-state index is 0.0438. The number of ether oxygens (including phenoxy) is 1. The van der Waals surface area contributed by atoms with E-state index in [2.05, 4.69) is 13.8 Å². The third-order valence-electron chi connectivity index (χ3n) is 2.45. The average molecular weight is 236 g/mol. The Labute approximate surface area is 98.6 Å². The van der Waals surface area contributed by atoms with Gasteiger partial charge in [-0.2, -0.15) is 0 Å². The van der Waals surface area contributed by atoms with Crippen molar-refractivity contribution in [1.82, 2.24) is 0 Å². The predicted molar refractivity (Wildman–Crippen MR) is 64.0 cm³/mol. The van der Waals surface area contributed by atoms with E-state index in [1.807, 2.05) is 0 Å². The van der Waals surface area contributed by atoms with E-state index in [0.717, 1.165) is 19.3 Å². The molecule has 0 aromatic rings. The van der Waals surface area contributed by atoms with Gasteiger partial charge in [-0.05, 0) is 26.2 Å². The third-order valence-corrected chi connectivity index (χ3v) is 2.45. The van der Waals surface area contributed by atoms with Crippen LogP contribution in [0.1, 0.15) is 59.8 Å². The topological polar surface area (TPSA) is 9.23 Å². The summed E-state index contributed by atoms with van der Waals surface area (Å²) < 4.78 is 31.4. The van der Waals surface area contributed by atoms with Crippen LogP contribution < -0.4 is 0 Å². The van der Waals surface area contributed by atoms with E-state index in [0.29, 0.717) is 12.3 Å². The Morgan fingerprint density at radius 2 is 1.62 bits per heavy atom. The van der Waals surface area contributed by atoms with Gasteiger partial charge in [-0.3, -0.25) is 0 Å². The van der Waals surface area contributed by atoms with Crippen LogP contribution in [0.15, 0.2) is 0 Å². The summed E-state index contributed by atoms with van der Waals surface area (Å²) in [7, 11) is 0. The predicted octanol–water partition coefficient (Wildman–Crippen LogP) is 4.65. The quantitative estimate of drug-likeness (QED) is 0.529. The van der Waals surface area contributed by atoms with Crippen molar-refractivity contribution in [3.63, 3.8) is 0 Å². The normalized spacial score (nSPS) is 12.8. The zero-order chi connectivity index (χ0) is 12.6. The molecular weight excluding hydrogens is 210 g/mol. The average Bonchev–Trinajstić information content (AvgIpc) is 2.14. The Hall–Kier alpha value is -0.180. The van der Waals surface area contributed by atoms with Gasteiger partial charge in [0.15, 0.2) is 0 Å². The summed E-state index contributed by atoms with van der Waals surface area (Å²) in [5.74, 6) is -1.98. The van der Waals surface area contributed by atoms with Crippen LogP contribution in [0.3, 0.4) is 0 Å². The highest BCUT2D eigenvalue weighted by molar-refractivity contribution is 4.66. The molecule has 0 rings (SSSR count). The molecule has 1 nitrogen and oxygen atoms in total. The molecule has 0 aliphatic rings. The lowest BCUT2D eigenvalue weighted by molar-refractivity contribution is -0.0978. The number of alkyl halides is 2. The number of halogens is 2. The van der Waals surface area contributed by atoms with E-state index in [9.17, 15) is 8.78 Å². The Morgan fingerprint density at radius 3 is 2.12 bits per heavy atom. The first kappa shape index (κ1) is 15.8. The summed E-state index contributed by atoms with van der Waals surface area (Å²) in [6, 6.07) is 0. The first-order chi connectivity index (χ1) is 7.33. The molecule has 16 heavy (non-hydrogen) atoms. The van der Waals surface area contributed by atoms with Crippen LogP contribution in [0.4, 0.5) is 8.78 Å². The van der Waals surface area contributed by atoms with Crippen LogP contribution in [0.2, 0.25) is 0 Å². The lowest BCUT2D eigenvalue weighted by Gasteiger charge is -2.18. The molecule has 0 bridgehead atoms. The van der Waals surface area contributed by atoms with Crippen LogP contribution in [-0.2, 0) is 4.74 Å². The van der Waals surface area contributed by atoms with Gasteiger partial charge in [0.25, 0.3) is 5.92 Å². The second kappa shape index (κ2) is 7.99. The summed E-state index contributed by atoms with van der Waals surface area (Å²) >= 11 is 0. The van der Waals surface area contributed by atoms with Crippen molar-refractivity contribution in [1.29, 1.82) is 0 Å². The van der Waals surface area contributed by atoms with Crippen molar-refractivity contribution in [3.05, 3.63) is 0 Å². The van der Waals surface area contributed by atoms with Crippen LogP contribution in [0.25, 0.3) is 0 Å². The largest absolute Gasteiger partial charge is 0.373 e. The summed E-state index contributed by atoms with van der Waals surface area (Å²) in [4.78, 5) is 0. The molecule has 0 atom stereocenters. The molecule has 0 saturated carbocycles. The molecule has 0 heterocycles. The maximum Gasteiger partial charge on any atom is 0.271 e. The van der Waals surface area contributed by atoms with Crippen molar-refractivity contribution in [3.8, 4) is 0 Å². The van der Waals surface area contributed by atoms with Gasteiger partial charge in [0.05, 0.1) is 6.10 Å². The van der Waals surface area contributed by atoms with Gasteiger partial charge in [0.2, 0.25) is 0 Å². The highest BCUT2D eigenvalue weighted by Crippen LogP contribution is 2.23. The zero-order valence-corrected chi connectivity index (χ0v) is 11.1. The monoisotopic (exact) mass is 236 g/mol. The number of unbranched alkanes of at least 4 members (excludes halogenated alkanes) is 2. The van der Waals surface area contributed by atoms with Crippen LogP contribution in [0.5, 0.6) is 0 Å². The molecule has 0 amide bonds. The minimum Gasteiger partial charge on any atom is -0.373 e. The van der Waals surface area contributed by atoms with Gasteiger partial charge in [-0.1, -0.05) is 33.1 Å². The van der Waals surface area contributed by atoms with Crippen molar-refractivity contribution < 1.29 is 13.5 Å². The minimum atomic E-state index is -2.65. The van der Waals surface area contributed by atoms with Crippen LogP contribution in [0, 0.1) is 5.92 Å². The second-order valence-electron chi connectivity index (χ2n) is 5.21. The Kier molecular flexibility index (Phi) is 7.90. The molecule has 0 fully saturated rings. The number of rotatable bonds is 9. The molecule has 0 spiro atoms. The van der Waals surface area contributed by atoms with E-state index >= 15 is 0 Å². The zero-order valence-electron chi connectivity index (χ0n) is 11.1. The third kappa shape index (κ3) is 10.3.